The summed E-state index contributed by atoms with van der Waals surface area (Å²) < 4.78 is 15.8. The molecule has 42 heavy (non-hydrogen) atoms. The summed E-state index contributed by atoms with van der Waals surface area (Å²) in [6.07, 6.45) is 4.65. The first-order valence-electron chi connectivity index (χ1n) is 13.5. The van der Waals surface area contributed by atoms with Crippen LogP contribution in [0.25, 0.3) is 11.0 Å². The lowest BCUT2D eigenvalue weighted by atomic mass is 10.1. The number of nitrogens with zero attached hydrogens (tertiary/aromatic N) is 3. The number of benzene rings is 1. The number of aromatic nitrogens is 1. The lowest BCUT2D eigenvalue weighted by molar-refractivity contribution is -0.163. The van der Waals surface area contributed by atoms with Gasteiger partial charge in [0, 0.05) is 42.1 Å². The van der Waals surface area contributed by atoms with Crippen molar-refractivity contribution in [3.05, 3.63) is 41.1 Å². The van der Waals surface area contributed by atoms with Crippen LogP contribution < -0.4 is 11.1 Å². The molecule has 0 bridgehead atoms. The fraction of sp³-hybridized carbons (Fsp3) is 0.448. The molecule has 1 aromatic heterocycles. The highest BCUT2D eigenvalue weighted by Gasteiger charge is 2.39. The number of nitrogens with two attached hydrogens (primary N) is 1. The van der Waals surface area contributed by atoms with Crippen LogP contribution in [0.4, 0.5) is 11.5 Å². The molecule has 1 aromatic carbocycles. The Labute approximate surface area is 250 Å². The van der Waals surface area contributed by atoms with Crippen LogP contribution in [0, 0.1) is 12.3 Å². The number of carbonyl (C=O) groups is 3. The van der Waals surface area contributed by atoms with Gasteiger partial charge in [0.1, 0.15) is 0 Å². The molecule has 0 aliphatic carbocycles. The molecule has 2 fully saturated rings. The number of fused-ring (bicyclic) bond motifs is 1. The number of hydrogen-bond acceptors (Lipinski definition) is 9. The maximum Gasteiger partial charge on any atom is 0.259 e. The van der Waals surface area contributed by atoms with E-state index in [2.05, 4.69) is 22.8 Å². The summed E-state index contributed by atoms with van der Waals surface area (Å²) in [5.41, 5.74) is 6.90. The smallest absolute Gasteiger partial charge is 0.259 e. The van der Waals surface area contributed by atoms with Crippen molar-refractivity contribution < 1.29 is 33.5 Å². The van der Waals surface area contributed by atoms with Gasteiger partial charge in [-0.2, -0.15) is 0 Å². The molecule has 0 saturated carbocycles. The van der Waals surface area contributed by atoms with Crippen LogP contribution in [0.5, 0.6) is 0 Å². The van der Waals surface area contributed by atoms with E-state index in [1.165, 1.54) is 11.0 Å². The topological polar surface area (TPSA) is 160 Å². The number of hydrogen-bond donors (Lipinski definition) is 3. The monoisotopic (exact) mass is 603 g/mol. The Morgan fingerprint density at radius 2 is 1.93 bits per heavy atom. The zero-order valence-corrected chi connectivity index (χ0v) is 25.0. The Bertz CT molecular complexity index is 1330. The van der Waals surface area contributed by atoms with Crippen LogP contribution in [-0.2, 0) is 23.9 Å². The van der Waals surface area contributed by atoms with E-state index in [0.29, 0.717) is 53.7 Å². The fourth-order valence-corrected chi connectivity index (χ4v) is 4.18. The molecular weight excluding hydrogens is 566 g/mol. The number of morpholine rings is 2. The number of nitrogens with one attached hydrogen (secondary N) is 1. The van der Waals surface area contributed by atoms with Crippen molar-refractivity contribution in [1.29, 1.82) is 0 Å². The van der Waals surface area contributed by atoms with E-state index >= 15 is 0 Å². The third-order valence-corrected chi connectivity index (χ3v) is 6.32. The third kappa shape index (κ3) is 9.32. The molecular formula is C29H38ClN5O7. The lowest BCUT2D eigenvalue weighted by Crippen LogP contribution is -2.54. The molecule has 2 aliphatic heterocycles. The normalized spacial score (nSPS) is 18.2. The molecule has 3 heterocycles. The second-order valence-corrected chi connectivity index (χ2v) is 9.36. The Balaban J connectivity index is 0.00000116. The highest BCUT2D eigenvalue weighted by atomic mass is 35.5. The molecule has 4 rings (SSSR count). The van der Waals surface area contributed by atoms with E-state index in [-0.39, 0.29) is 31.3 Å². The minimum absolute atomic E-state index is 0.0381. The SMILES string of the molecule is C#CC.C/C(=C\C=C(\Cl)CC(=O)N1CCOCC1)N1CCOC(C(O)C(=O)Nc2ccc3c(N)noc3c2)C1=O.CC. The highest BCUT2D eigenvalue weighted by molar-refractivity contribution is 6.31. The average molecular weight is 604 g/mol. The van der Waals surface area contributed by atoms with Crippen molar-refractivity contribution in [2.75, 3.05) is 50.5 Å². The maximum atomic E-state index is 13.0. The molecule has 3 amide bonds. The second-order valence-electron chi connectivity index (χ2n) is 8.87. The Morgan fingerprint density at radius 1 is 1.26 bits per heavy atom. The molecule has 2 atom stereocenters. The quantitative estimate of drug-likeness (QED) is 0.319. The van der Waals surface area contributed by atoms with E-state index in [1.54, 1.807) is 43.0 Å². The number of rotatable bonds is 7. The van der Waals surface area contributed by atoms with Gasteiger partial charge in [0.2, 0.25) is 5.91 Å². The highest BCUT2D eigenvalue weighted by Crippen LogP contribution is 2.24. The minimum Gasteiger partial charge on any atom is -0.380 e. The number of anilines is 2. The van der Waals surface area contributed by atoms with E-state index in [9.17, 15) is 19.5 Å². The first kappa shape index (κ1) is 34.3. The molecule has 13 heteroatoms. The van der Waals surface area contributed by atoms with E-state index in [0.717, 1.165) is 0 Å². The molecule has 2 saturated heterocycles. The molecule has 4 N–H and O–H groups in total. The standard InChI is InChI=1S/C24H28ClN5O7.C3H4.C2H6/c1-14(2-3-15(25)12-19(31)29-6-9-35-10-7-29)30-8-11-36-21(24(30)34)20(32)23(33)27-16-4-5-17-18(13-16)37-28-22(17)26;1-3-2;1-2/h2-5,13,20-21,32H,6-12H2,1H3,(H2,26,28)(H,27,33);1H,2H3;1-2H3/b14-2+,15-3+;;. The Kier molecular flexibility index (Phi) is 14.0. The van der Waals surface area contributed by atoms with Gasteiger partial charge >= 0.3 is 0 Å². The summed E-state index contributed by atoms with van der Waals surface area (Å²) in [5.74, 6) is 0.976. The fourth-order valence-electron chi connectivity index (χ4n) is 4.00. The summed E-state index contributed by atoms with van der Waals surface area (Å²) >= 11 is 6.25. The largest absolute Gasteiger partial charge is 0.380 e. The predicted molar refractivity (Wildman–Crippen MR) is 160 cm³/mol. The lowest BCUT2D eigenvalue weighted by Gasteiger charge is -2.34. The molecule has 2 aliphatic rings. The summed E-state index contributed by atoms with van der Waals surface area (Å²) in [7, 11) is 0. The second kappa shape index (κ2) is 17.2. The average Bonchev–Trinajstić information content (AvgIpc) is 3.37. The van der Waals surface area contributed by atoms with Gasteiger partial charge in [0.05, 0.1) is 31.6 Å². The summed E-state index contributed by atoms with van der Waals surface area (Å²) in [4.78, 5) is 41.1. The molecule has 228 valence electrons. The number of terminal acetylenes is 1. The van der Waals surface area contributed by atoms with Gasteiger partial charge in [-0.1, -0.05) is 30.6 Å². The van der Waals surface area contributed by atoms with Crippen molar-refractivity contribution in [2.24, 2.45) is 0 Å². The van der Waals surface area contributed by atoms with E-state index in [4.69, 9.17) is 31.3 Å². The van der Waals surface area contributed by atoms with Gasteiger partial charge in [-0.05, 0) is 38.1 Å². The van der Waals surface area contributed by atoms with Gasteiger partial charge in [-0.15, -0.1) is 12.3 Å². The molecule has 0 radical (unpaired) electrons. The predicted octanol–water partition coefficient (Wildman–Crippen LogP) is 2.88. The van der Waals surface area contributed by atoms with Crippen molar-refractivity contribution in [2.45, 2.75) is 46.3 Å². The summed E-state index contributed by atoms with van der Waals surface area (Å²) in [6.45, 7) is 9.75. The molecule has 2 aromatic rings. The van der Waals surface area contributed by atoms with Crippen molar-refractivity contribution in [3.63, 3.8) is 0 Å². The summed E-state index contributed by atoms with van der Waals surface area (Å²) in [6, 6.07) is 4.70. The number of halogens is 1. The van der Waals surface area contributed by atoms with Crippen molar-refractivity contribution >= 4 is 51.8 Å². The number of aliphatic hydroxyl groups excluding tert-OH is 1. The Hall–Kier alpha value is -3.89. The number of ether oxygens (including phenoxy) is 2. The van der Waals surface area contributed by atoms with Crippen LogP contribution in [0.15, 0.2) is 45.6 Å². The van der Waals surface area contributed by atoms with E-state index < -0.39 is 24.0 Å². The number of nitrogen functional groups attached to an aromatic ring is 1. The molecule has 12 nitrogen and oxygen atoms in total. The zero-order chi connectivity index (χ0) is 31.2. The summed E-state index contributed by atoms with van der Waals surface area (Å²) in [5, 5.41) is 17.7. The number of amides is 3. The van der Waals surface area contributed by atoms with Crippen LogP contribution in [-0.4, -0.2) is 89.4 Å². The number of allylic oxidation sites excluding steroid dienone is 3. The molecule has 0 spiro atoms. The van der Waals surface area contributed by atoms with Crippen molar-refractivity contribution in [3.8, 4) is 12.3 Å². The van der Waals surface area contributed by atoms with E-state index in [1.807, 2.05) is 13.8 Å². The van der Waals surface area contributed by atoms with Gasteiger partial charge < -0.3 is 40.0 Å². The van der Waals surface area contributed by atoms with Gasteiger partial charge in [0.25, 0.3) is 11.8 Å². The van der Waals surface area contributed by atoms with Gasteiger partial charge in [0.15, 0.2) is 23.6 Å². The van der Waals surface area contributed by atoms with Crippen LogP contribution in [0.1, 0.15) is 34.1 Å². The van der Waals surface area contributed by atoms with Gasteiger partial charge in [-0.25, -0.2) is 0 Å². The van der Waals surface area contributed by atoms with Crippen LogP contribution in [0.3, 0.4) is 0 Å². The molecule has 2 unspecified atom stereocenters. The zero-order valence-electron chi connectivity index (χ0n) is 24.3. The third-order valence-electron chi connectivity index (χ3n) is 6.06. The van der Waals surface area contributed by atoms with Crippen molar-refractivity contribution in [1.82, 2.24) is 15.0 Å². The minimum atomic E-state index is -1.76. The van der Waals surface area contributed by atoms with Crippen LogP contribution in [0.2, 0.25) is 0 Å². The first-order chi connectivity index (χ1) is 20.2. The van der Waals surface area contributed by atoms with Crippen LogP contribution >= 0.6 is 11.6 Å². The number of carbonyl (C=O) groups excluding carboxylic acids is 3. The Morgan fingerprint density at radius 3 is 2.60 bits per heavy atom. The maximum absolute atomic E-state index is 13.0. The van der Waals surface area contributed by atoms with Gasteiger partial charge in [-0.3, -0.25) is 14.4 Å². The first-order valence-corrected chi connectivity index (χ1v) is 13.9. The number of aliphatic hydroxyl groups is 1.